The Morgan fingerprint density at radius 1 is 1.15 bits per heavy atom. The van der Waals surface area contributed by atoms with Crippen LogP contribution in [0.15, 0.2) is 15.3 Å². The van der Waals surface area contributed by atoms with Crippen molar-refractivity contribution in [3.63, 3.8) is 0 Å². The first-order valence-electron chi connectivity index (χ1n) is 13.0. The van der Waals surface area contributed by atoms with E-state index in [0.717, 1.165) is 0 Å². The predicted octanol–water partition coefficient (Wildman–Crippen LogP) is 0.0445. The largest absolute Gasteiger partial charge is 0.484 e. The Balaban J connectivity index is 2.04. The Morgan fingerprint density at radius 3 is 2.42 bits per heavy atom. The van der Waals surface area contributed by atoms with Crippen molar-refractivity contribution in [1.82, 2.24) is 0 Å². The number of rotatable bonds is 8. The number of Topliss-reactive ketones (excluding diaryl/α,β-unsaturated/α-hetero) is 1. The molecule has 2 aliphatic heterocycles. The molecule has 0 radical (unpaired) electrons. The van der Waals surface area contributed by atoms with Crippen LogP contribution < -0.4 is 15.1 Å². The Labute approximate surface area is 228 Å². The van der Waals surface area contributed by atoms with Crippen molar-refractivity contribution in [2.24, 2.45) is 0 Å². The zero-order chi connectivity index (χ0) is 29.7. The van der Waals surface area contributed by atoms with Crippen LogP contribution in [0.4, 0.5) is 0 Å². The van der Waals surface area contributed by atoms with Gasteiger partial charge in [0.05, 0.1) is 17.6 Å². The highest BCUT2D eigenvalue weighted by Crippen LogP contribution is 2.48. The van der Waals surface area contributed by atoms with Gasteiger partial charge in [-0.2, -0.15) is 0 Å². The summed E-state index contributed by atoms with van der Waals surface area (Å²) in [6.45, 7) is 6.43. The molecule has 0 aliphatic carbocycles. The molecule has 0 bridgehead atoms. The van der Waals surface area contributed by atoms with Gasteiger partial charge in [0.25, 0.3) is 0 Å². The average molecular weight is 567 g/mol. The first kappa shape index (κ1) is 29.9. The van der Waals surface area contributed by atoms with E-state index in [1.165, 1.54) is 13.0 Å². The van der Waals surface area contributed by atoms with Gasteiger partial charge in [0.15, 0.2) is 17.5 Å². The lowest BCUT2D eigenvalue weighted by atomic mass is 9.85. The fourth-order valence-electron chi connectivity index (χ4n) is 5.03. The lowest BCUT2D eigenvalue weighted by Crippen LogP contribution is -2.61. The summed E-state index contributed by atoms with van der Waals surface area (Å²) >= 11 is 0. The summed E-state index contributed by atoms with van der Waals surface area (Å²) in [6, 6.07) is 1.20. The number of aryl methyl sites for hydroxylation is 1. The van der Waals surface area contributed by atoms with Gasteiger partial charge in [-0.3, -0.25) is 4.79 Å². The van der Waals surface area contributed by atoms with Crippen molar-refractivity contribution < 1.29 is 58.9 Å². The number of ketones is 1. The number of fused-ring (bicyclic) bond motifs is 2. The summed E-state index contributed by atoms with van der Waals surface area (Å²) < 4.78 is 23.0. The summed E-state index contributed by atoms with van der Waals surface area (Å²) in [5.41, 5.74) is -1.82. The van der Waals surface area contributed by atoms with E-state index in [-0.39, 0.29) is 46.4 Å². The van der Waals surface area contributed by atoms with E-state index < -0.39 is 65.9 Å². The standard InChI is InChI=1S/C27H34O13/c1-5-6-11-8-15(31)37-23-16(11)21(38-26-20(34)18(32)19(33)24(39-26)25(35)36)12-9-14(30)27(3,4)40-22(12)17(23)13(29)7-10(2)28/h8,10,14,18-20,24,26,28,30,32-34H,5-7,9H2,1-4H3,(H,35,36). The molecule has 2 aromatic rings. The normalized spacial score (nSPS) is 28.4. The molecular weight excluding hydrogens is 532 g/mol. The number of aliphatic hydroxyl groups excluding tert-OH is 5. The lowest BCUT2D eigenvalue weighted by molar-refractivity contribution is -0.271. The van der Waals surface area contributed by atoms with Crippen LogP contribution in [0.3, 0.4) is 0 Å². The minimum Gasteiger partial charge on any atom is -0.484 e. The number of ether oxygens (including phenoxy) is 3. The molecule has 7 unspecified atom stereocenters. The molecule has 13 heteroatoms. The van der Waals surface area contributed by atoms with Gasteiger partial charge < -0.3 is 49.3 Å². The summed E-state index contributed by atoms with van der Waals surface area (Å²) in [7, 11) is 0. The van der Waals surface area contributed by atoms with Gasteiger partial charge in [-0.15, -0.1) is 0 Å². The van der Waals surface area contributed by atoms with Crippen molar-refractivity contribution in [3.05, 3.63) is 33.2 Å². The molecule has 1 aromatic heterocycles. The molecule has 3 heterocycles. The zero-order valence-electron chi connectivity index (χ0n) is 22.5. The Hall–Kier alpha value is -3.07. The minimum atomic E-state index is -1.96. The molecule has 2 aliphatic rings. The van der Waals surface area contributed by atoms with Gasteiger partial charge in [-0.1, -0.05) is 13.3 Å². The highest BCUT2D eigenvalue weighted by atomic mass is 16.7. The topological polar surface area (TPSA) is 213 Å². The van der Waals surface area contributed by atoms with Gasteiger partial charge in [-0.25, -0.2) is 9.59 Å². The van der Waals surface area contributed by atoms with E-state index >= 15 is 0 Å². The second-order valence-corrected chi connectivity index (χ2v) is 10.8. The van der Waals surface area contributed by atoms with Crippen LogP contribution in [0.25, 0.3) is 11.0 Å². The number of hydrogen-bond donors (Lipinski definition) is 6. The molecule has 0 spiro atoms. The quantitative estimate of drug-likeness (QED) is 0.184. The maximum Gasteiger partial charge on any atom is 0.336 e. The van der Waals surface area contributed by atoms with Crippen molar-refractivity contribution >= 4 is 22.7 Å². The molecule has 7 atom stereocenters. The van der Waals surface area contributed by atoms with Crippen LogP contribution in [-0.2, 0) is 22.4 Å². The first-order valence-corrected chi connectivity index (χ1v) is 13.0. The second-order valence-electron chi connectivity index (χ2n) is 10.8. The van der Waals surface area contributed by atoms with E-state index in [0.29, 0.717) is 18.4 Å². The van der Waals surface area contributed by atoms with Crippen molar-refractivity contribution in [2.45, 2.75) is 102 Å². The molecule has 6 N–H and O–H groups in total. The Morgan fingerprint density at radius 2 is 1.82 bits per heavy atom. The molecule has 1 fully saturated rings. The average Bonchev–Trinajstić information content (AvgIpc) is 2.84. The Kier molecular flexibility index (Phi) is 8.28. The number of aliphatic hydroxyl groups is 5. The number of carboxylic acid groups (broad SMARTS) is 1. The monoisotopic (exact) mass is 566 g/mol. The third-order valence-corrected chi connectivity index (χ3v) is 7.16. The maximum absolute atomic E-state index is 13.5. The molecule has 1 aromatic carbocycles. The van der Waals surface area contributed by atoms with Crippen molar-refractivity contribution in [3.8, 4) is 11.5 Å². The SMILES string of the molecule is CCCc1cc(=O)oc2c(C(=O)CC(C)O)c3c(c(OC4OC(C(=O)O)C(O)C(O)C4O)c12)CC(O)C(C)(C)O3. The molecule has 40 heavy (non-hydrogen) atoms. The number of carboxylic acids is 1. The zero-order valence-corrected chi connectivity index (χ0v) is 22.5. The fraction of sp³-hybridized carbons (Fsp3) is 0.593. The van der Waals surface area contributed by atoms with Crippen LogP contribution >= 0.6 is 0 Å². The van der Waals surface area contributed by atoms with Gasteiger partial charge >= 0.3 is 11.6 Å². The fourth-order valence-corrected chi connectivity index (χ4v) is 5.03. The maximum atomic E-state index is 13.5. The van der Waals surface area contributed by atoms with Crippen LogP contribution in [0, 0.1) is 0 Å². The van der Waals surface area contributed by atoms with E-state index in [1.807, 2.05) is 6.92 Å². The second kappa shape index (κ2) is 11.1. The van der Waals surface area contributed by atoms with Gasteiger partial charge in [0.2, 0.25) is 6.29 Å². The Bertz CT molecular complexity index is 1360. The molecular formula is C27H34O13. The van der Waals surface area contributed by atoms with E-state index in [2.05, 4.69) is 0 Å². The van der Waals surface area contributed by atoms with E-state index in [9.17, 15) is 45.0 Å². The highest BCUT2D eigenvalue weighted by Gasteiger charge is 2.49. The third kappa shape index (κ3) is 5.32. The number of benzene rings is 1. The van der Waals surface area contributed by atoms with Gasteiger partial charge in [-0.05, 0) is 32.8 Å². The number of hydrogen-bond acceptors (Lipinski definition) is 12. The molecule has 4 rings (SSSR count). The summed E-state index contributed by atoms with van der Waals surface area (Å²) in [5.74, 6) is -2.43. The number of aliphatic carboxylic acids is 1. The third-order valence-electron chi connectivity index (χ3n) is 7.16. The van der Waals surface area contributed by atoms with E-state index in [1.54, 1.807) is 13.8 Å². The van der Waals surface area contributed by atoms with Crippen LogP contribution in [0.5, 0.6) is 11.5 Å². The van der Waals surface area contributed by atoms with Gasteiger partial charge in [0, 0.05) is 24.5 Å². The van der Waals surface area contributed by atoms with Crippen molar-refractivity contribution in [1.29, 1.82) is 0 Å². The van der Waals surface area contributed by atoms with E-state index in [4.69, 9.17) is 18.6 Å². The molecule has 220 valence electrons. The molecule has 0 saturated carbocycles. The molecule has 0 amide bonds. The molecule has 1 saturated heterocycles. The van der Waals surface area contributed by atoms with Crippen LogP contribution in [-0.4, -0.2) is 90.9 Å². The highest BCUT2D eigenvalue weighted by molar-refractivity contribution is 6.11. The van der Waals surface area contributed by atoms with Crippen molar-refractivity contribution in [2.75, 3.05) is 0 Å². The summed E-state index contributed by atoms with van der Waals surface area (Å²) in [6.07, 6.45) is -11.4. The minimum absolute atomic E-state index is 0.0825. The van der Waals surface area contributed by atoms with Crippen LogP contribution in [0.1, 0.15) is 62.0 Å². The smallest absolute Gasteiger partial charge is 0.336 e. The predicted molar refractivity (Wildman–Crippen MR) is 136 cm³/mol. The number of carbonyl (C=O) groups is 2. The lowest BCUT2D eigenvalue weighted by Gasteiger charge is -2.41. The first-order chi connectivity index (χ1) is 18.7. The molecule has 13 nitrogen and oxygen atoms in total. The van der Waals surface area contributed by atoms with Crippen LogP contribution in [0.2, 0.25) is 0 Å². The summed E-state index contributed by atoms with van der Waals surface area (Å²) in [4.78, 5) is 37.8. The summed E-state index contributed by atoms with van der Waals surface area (Å²) in [5, 5.41) is 61.5. The van der Waals surface area contributed by atoms with Gasteiger partial charge in [0.1, 0.15) is 41.0 Å². The number of carbonyl (C=O) groups excluding carboxylic acids is 1.